The number of nitrogens with zero attached hydrogens (tertiary/aromatic N) is 6. The van der Waals surface area contributed by atoms with Crippen molar-refractivity contribution in [3.8, 4) is 5.75 Å². The Morgan fingerprint density at radius 1 is 1.38 bits per heavy atom. The van der Waals surface area contributed by atoms with Gasteiger partial charge in [0, 0.05) is 4.91 Å². The Hall–Kier alpha value is -3.82. The van der Waals surface area contributed by atoms with Crippen LogP contribution in [-0.4, -0.2) is 72.9 Å². The number of azide groups is 1. The number of aliphatic hydroxyl groups excluding tert-OH is 2. The number of aliphatic hydroxyl groups is 2. The van der Waals surface area contributed by atoms with E-state index in [2.05, 4.69) is 30.1 Å². The fourth-order valence-corrected chi connectivity index (χ4v) is 5.31. The van der Waals surface area contributed by atoms with Crippen molar-refractivity contribution < 1.29 is 38.1 Å². The molecule has 1 fully saturated rings. The van der Waals surface area contributed by atoms with Crippen molar-refractivity contribution in [2.75, 3.05) is 13.2 Å². The Kier molecular flexibility index (Phi) is 8.32. The summed E-state index contributed by atoms with van der Waals surface area (Å²) in [5, 5.41) is 27.7. The van der Waals surface area contributed by atoms with Gasteiger partial charge in [-0.1, -0.05) is 23.3 Å². The van der Waals surface area contributed by atoms with Crippen molar-refractivity contribution in [3.63, 3.8) is 0 Å². The number of ether oxygens (including phenoxy) is 2. The summed E-state index contributed by atoms with van der Waals surface area (Å²) >= 11 is 0. The highest BCUT2D eigenvalue weighted by Gasteiger charge is 2.56. The normalized spacial score (nSPS) is 25.0. The van der Waals surface area contributed by atoms with E-state index in [1.807, 2.05) is 0 Å². The van der Waals surface area contributed by atoms with Gasteiger partial charge in [0.05, 0.1) is 25.9 Å². The third kappa shape index (κ3) is 5.79. The van der Waals surface area contributed by atoms with Crippen LogP contribution in [0.2, 0.25) is 0 Å². The number of nitrogens with one attached hydrogen (secondary N) is 2. The molecule has 1 aliphatic heterocycles. The number of imidazole rings is 1. The Bertz CT molecular complexity index is 1480. The van der Waals surface area contributed by atoms with Crippen LogP contribution in [-0.2, 0) is 23.4 Å². The lowest BCUT2D eigenvalue weighted by Gasteiger charge is -2.29. The molecule has 6 atom stereocenters. The molecule has 3 aromatic rings. The number of hydrogen-bond donors (Lipinski definition) is 4. The fraction of sp³-hybridized carbons (Fsp3) is 0.429. The van der Waals surface area contributed by atoms with Crippen LogP contribution < -0.4 is 15.2 Å². The molecule has 1 aliphatic rings. The summed E-state index contributed by atoms with van der Waals surface area (Å²) in [6.07, 6.45) is -2.84. The molecule has 1 aromatic carbocycles. The molecule has 2 unspecified atom stereocenters. The summed E-state index contributed by atoms with van der Waals surface area (Å²) in [5.74, 6) is -0.640. The number of benzene rings is 1. The molecule has 0 amide bonds. The van der Waals surface area contributed by atoms with E-state index < -0.39 is 56.1 Å². The lowest BCUT2D eigenvalue weighted by molar-refractivity contribution is -0.144. The molecule has 0 aliphatic carbocycles. The Balaban J connectivity index is 1.63. The number of rotatable bonds is 11. The zero-order valence-electron chi connectivity index (χ0n) is 20.6. The Morgan fingerprint density at radius 2 is 2.13 bits per heavy atom. The lowest BCUT2D eigenvalue weighted by Crippen LogP contribution is -2.45. The number of fused-ring (bicyclic) bond motifs is 1. The van der Waals surface area contributed by atoms with Gasteiger partial charge < -0.3 is 29.2 Å². The van der Waals surface area contributed by atoms with Gasteiger partial charge in [0.15, 0.2) is 17.4 Å². The van der Waals surface area contributed by atoms with Crippen molar-refractivity contribution >= 4 is 24.9 Å². The number of carbonyl (C=O) groups is 1. The highest BCUT2D eigenvalue weighted by Crippen LogP contribution is 2.48. The summed E-state index contributed by atoms with van der Waals surface area (Å²) in [5.41, 5.74) is 6.29. The first-order chi connectivity index (χ1) is 18.6. The van der Waals surface area contributed by atoms with Gasteiger partial charge in [0.1, 0.15) is 24.0 Å². The van der Waals surface area contributed by atoms with Crippen molar-refractivity contribution in [2.45, 2.75) is 44.1 Å². The van der Waals surface area contributed by atoms with Crippen LogP contribution in [0.15, 0.2) is 52.9 Å². The van der Waals surface area contributed by atoms with E-state index in [1.54, 1.807) is 25.1 Å². The number of esters is 1. The van der Waals surface area contributed by atoms with E-state index in [0.29, 0.717) is 0 Å². The topological polar surface area (TPSA) is 236 Å². The van der Waals surface area contributed by atoms with Crippen molar-refractivity contribution in [3.05, 3.63) is 63.8 Å². The largest absolute Gasteiger partial charge is 0.465 e. The first-order valence-electron chi connectivity index (χ1n) is 11.6. The maximum Gasteiger partial charge on any atom is 0.459 e. The van der Waals surface area contributed by atoms with E-state index in [1.165, 1.54) is 19.1 Å². The fourth-order valence-electron chi connectivity index (χ4n) is 3.79. The predicted molar refractivity (Wildman–Crippen MR) is 132 cm³/mol. The van der Waals surface area contributed by atoms with Crippen molar-refractivity contribution in [1.82, 2.24) is 24.6 Å². The van der Waals surface area contributed by atoms with Gasteiger partial charge in [0.2, 0.25) is 5.72 Å². The van der Waals surface area contributed by atoms with Crippen LogP contribution in [0.25, 0.3) is 21.6 Å². The Labute approximate surface area is 219 Å². The van der Waals surface area contributed by atoms with Gasteiger partial charge in [-0.2, -0.15) is 5.09 Å². The summed E-state index contributed by atoms with van der Waals surface area (Å²) in [6, 6.07) is 6.70. The van der Waals surface area contributed by atoms with Crippen LogP contribution in [0, 0.1) is 0 Å². The van der Waals surface area contributed by atoms with E-state index in [0.717, 1.165) is 17.2 Å². The smallest absolute Gasteiger partial charge is 0.459 e. The molecule has 4 N–H and O–H groups in total. The number of aromatic amines is 1. The molecule has 1 saturated heterocycles. The highest BCUT2D eigenvalue weighted by molar-refractivity contribution is 7.52. The van der Waals surface area contributed by atoms with Gasteiger partial charge in [0.25, 0.3) is 5.56 Å². The van der Waals surface area contributed by atoms with Crippen LogP contribution in [0.1, 0.15) is 20.1 Å². The molecule has 0 spiro atoms. The SMILES string of the molecule is CCOC(=O)[C@H](C)NP(=O)(OCC1(N=[N+]=[N-])O[C@@H](n2cnc3c(=O)[nH]cnc32)[C@H](O)[C@@H]1O)Oc1ccccc1. The molecule has 0 saturated carbocycles. The first kappa shape index (κ1) is 28.2. The van der Waals surface area contributed by atoms with Crippen molar-refractivity contribution in [2.24, 2.45) is 5.11 Å². The molecule has 0 radical (unpaired) electrons. The molecule has 4 rings (SSSR count). The van der Waals surface area contributed by atoms with E-state index in [4.69, 9.17) is 18.5 Å². The van der Waals surface area contributed by atoms with Gasteiger partial charge in [-0.15, -0.1) is 0 Å². The summed E-state index contributed by atoms with van der Waals surface area (Å²) < 4.78 is 36.7. The maximum atomic E-state index is 13.8. The Morgan fingerprint density at radius 3 is 2.82 bits per heavy atom. The molecule has 18 heteroatoms. The van der Waals surface area contributed by atoms with Crippen LogP contribution in [0.3, 0.4) is 0 Å². The van der Waals surface area contributed by atoms with Crippen molar-refractivity contribution in [1.29, 1.82) is 0 Å². The summed E-state index contributed by atoms with van der Waals surface area (Å²) in [7, 11) is -4.45. The zero-order valence-corrected chi connectivity index (χ0v) is 21.5. The van der Waals surface area contributed by atoms with Gasteiger partial charge >= 0.3 is 13.7 Å². The highest BCUT2D eigenvalue weighted by atomic mass is 31.2. The number of carbonyl (C=O) groups excluding carboxylic acids is 1. The minimum atomic E-state index is -4.45. The zero-order chi connectivity index (χ0) is 28.2. The maximum absolute atomic E-state index is 13.8. The second-order valence-electron chi connectivity index (χ2n) is 8.31. The molecule has 3 heterocycles. The second kappa shape index (κ2) is 11.5. The number of para-hydroxylation sites is 1. The molecule has 208 valence electrons. The quantitative estimate of drug-likeness (QED) is 0.0843. The van der Waals surface area contributed by atoms with Crippen LogP contribution >= 0.6 is 7.75 Å². The lowest BCUT2D eigenvalue weighted by atomic mass is 10.1. The number of aromatic nitrogens is 4. The second-order valence-corrected chi connectivity index (χ2v) is 10.0. The predicted octanol–water partition coefficient (Wildman–Crippen LogP) is 1.12. The average Bonchev–Trinajstić information content (AvgIpc) is 3.44. The number of H-pyrrole nitrogens is 1. The molecular weight excluding hydrogens is 539 g/mol. The monoisotopic (exact) mass is 564 g/mol. The standard InChI is InChI=1S/C21H25N8O9P/c1-3-35-20(33)12(2)26-39(34,38-13-7-5-4-6-8-13)36-9-21(27-28-22)16(31)15(30)19(37-21)29-11-25-14-17(29)23-10-24-18(14)32/h4-8,10-12,15-16,19,30-31H,3,9H2,1-2H3,(H,26,34)(H,23,24,32)/t12-,15+,16-,19+,21?,39?/m0/s1. The van der Waals surface area contributed by atoms with Crippen LogP contribution in [0.4, 0.5) is 0 Å². The first-order valence-corrected chi connectivity index (χ1v) is 13.1. The summed E-state index contributed by atoms with van der Waals surface area (Å²) in [4.78, 5) is 37.2. The van der Waals surface area contributed by atoms with E-state index in [-0.39, 0.29) is 23.5 Å². The van der Waals surface area contributed by atoms with Gasteiger partial charge in [-0.3, -0.25) is 18.7 Å². The molecule has 0 bridgehead atoms. The third-order valence-corrected chi connectivity index (χ3v) is 7.28. The number of hydrogen-bond acceptors (Lipinski definition) is 12. The molecular formula is C21H25N8O9P. The minimum Gasteiger partial charge on any atom is -0.465 e. The van der Waals surface area contributed by atoms with Crippen LogP contribution in [0.5, 0.6) is 5.75 Å². The summed E-state index contributed by atoms with van der Waals surface area (Å²) in [6.45, 7) is 2.13. The minimum absolute atomic E-state index is 0.00988. The van der Waals surface area contributed by atoms with Gasteiger partial charge in [-0.05, 0) is 31.5 Å². The van der Waals surface area contributed by atoms with E-state index >= 15 is 0 Å². The third-order valence-electron chi connectivity index (χ3n) is 5.66. The van der Waals surface area contributed by atoms with Gasteiger partial charge in [-0.25, -0.2) is 14.5 Å². The molecule has 2 aromatic heterocycles. The average molecular weight is 564 g/mol. The van der Waals surface area contributed by atoms with E-state index in [9.17, 15) is 29.9 Å². The molecule has 39 heavy (non-hydrogen) atoms. The molecule has 17 nitrogen and oxygen atoms in total.